The molecule has 0 unspecified atom stereocenters. The summed E-state index contributed by atoms with van der Waals surface area (Å²) in [6.07, 6.45) is -1.46. The van der Waals surface area contributed by atoms with Gasteiger partial charge in [-0.2, -0.15) is 13.2 Å². The van der Waals surface area contributed by atoms with Gasteiger partial charge in [0, 0.05) is 12.1 Å². The zero-order chi connectivity index (χ0) is 13.6. The number of rotatable bonds is 2. The second-order valence-electron chi connectivity index (χ2n) is 4.71. The van der Waals surface area contributed by atoms with Crippen molar-refractivity contribution in [1.82, 2.24) is 10.1 Å². The molecule has 1 fully saturated rings. The fourth-order valence-electron chi connectivity index (χ4n) is 2.03. The van der Waals surface area contributed by atoms with Crippen LogP contribution in [0.3, 0.4) is 0 Å². The average Bonchev–Trinajstić information content (AvgIpc) is 3.12. The maximum Gasteiger partial charge on any atom is 0.417 e. The molecule has 6 heteroatoms. The van der Waals surface area contributed by atoms with Gasteiger partial charge in [0.2, 0.25) is 0 Å². The summed E-state index contributed by atoms with van der Waals surface area (Å²) < 4.78 is 42.7. The predicted octanol–water partition coefficient (Wildman–Crippen LogP) is 3.94. The van der Waals surface area contributed by atoms with Crippen LogP contribution in [0, 0.1) is 6.92 Å². The molecule has 0 aliphatic heterocycles. The molecule has 1 aliphatic rings. The monoisotopic (exact) mass is 268 g/mol. The number of pyridine rings is 1. The molecule has 0 saturated heterocycles. The van der Waals surface area contributed by atoms with Crippen molar-refractivity contribution in [3.05, 3.63) is 35.3 Å². The molecule has 1 saturated carbocycles. The summed E-state index contributed by atoms with van der Waals surface area (Å²) in [5.74, 6) is 1.07. The van der Waals surface area contributed by atoms with Crippen LogP contribution in [0.2, 0.25) is 0 Å². The first-order chi connectivity index (χ1) is 8.97. The van der Waals surface area contributed by atoms with Crippen LogP contribution in [-0.4, -0.2) is 10.1 Å². The first-order valence-corrected chi connectivity index (χ1v) is 5.96. The summed E-state index contributed by atoms with van der Waals surface area (Å²) in [5, 5.41) is 3.89. The average molecular weight is 268 g/mol. The highest BCUT2D eigenvalue weighted by Crippen LogP contribution is 2.45. The molecule has 0 radical (unpaired) electrons. The third-order valence-corrected chi connectivity index (χ3v) is 3.18. The molecule has 2 heterocycles. The van der Waals surface area contributed by atoms with Gasteiger partial charge in [-0.05, 0) is 31.9 Å². The van der Waals surface area contributed by atoms with Crippen molar-refractivity contribution in [3.63, 3.8) is 0 Å². The number of hydrogen-bond acceptors (Lipinski definition) is 3. The van der Waals surface area contributed by atoms with Gasteiger partial charge in [0.1, 0.15) is 5.76 Å². The van der Waals surface area contributed by atoms with Crippen LogP contribution in [0.25, 0.3) is 11.3 Å². The molecular formula is C13H11F3N2O. The van der Waals surface area contributed by atoms with E-state index < -0.39 is 11.7 Å². The largest absolute Gasteiger partial charge is 0.417 e. The Hall–Kier alpha value is -1.85. The molecule has 19 heavy (non-hydrogen) atoms. The minimum atomic E-state index is -4.37. The normalized spacial score (nSPS) is 15.8. The smallest absolute Gasteiger partial charge is 0.360 e. The minimum absolute atomic E-state index is 0.334. The summed E-state index contributed by atoms with van der Waals surface area (Å²) in [4.78, 5) is 3.90. The Bertz CT molecular complexity index is 597. The Labute approximate surface area is 107 Å². The zero-order valence-corrected chi connectivity index (χ0v) is 10.2. The molecule has 0 spiro atoms. The van der Waals surface area contributed by atoms with E-state index in [0.717, 1.165) is 36.4 Å². The van der Waals surface area contributed by atoms with Gasteiger partial charge in [0.25, 0.3) is 0 Å². The maximum absolute atomic E-state index is 12.5. The lowest BCUT2D eigenvalue weighted by atomic mass is 10.1. The third-order valence-electron chi connectivity index (χ3n) is 3.18. The van der Waals surface area contributed by atoms with Gasteiger partial charge >= 0.3 is 6.18 Å². The standard InChI is InChI=1S/C13H11F3N2O/c1-7-11(12(19-18-7)8-2-3-8)10-5-4-9(6-17-10)13(14,15)16/h4-6,8H,2-3H2,1H3. The number of halogens is 3. The molecule has 0 aromatic carbocycles. The lowest BCUT2D eigenvalue weighted by Gasteiger charge is -2.07. The van der Waals surface area contributed by atoms with Crippen molar-refractivity contribution in [2.45, 2.75) is 31.9 Å². The van der Waals surface area contributed by atoms with Gasteiger partial charge in [-0.25, -0.2) is 0 Å². The second-order valence-corrected chi connectivity index (χ2v) is 4.71. The van der Waals surface area contributed by atoms with E-state index in [1.54, 1.807) is 6.92 Å². The van der Waals surface area contributed by atoms with Crippen LogP contribution in [0.4, 0.5) is 13.2 Å². The molecule has 2 aromatic rings. The lowest BCUT2D eigenvalue weighted by molar-refractivity contribution is -0.137. The third kappa shape index (κ3) is 2.22. The van der Waals surface area contributed by atoms with Gasteiger partial charge in [0.15, 0.2) is 0 Å². The van der Waals surface area contributed by atoms with Crippen LogP contribution in [0.1, 0.15) is 35.8 Å². The van der Waals surface area contributed by atoms with E-state index in [0.29, 0.717) is 17.3 Å². The molecule has 100 valence electrons. The topological polar surface area (TPSA) is 38.9 Å². The van der Waals surface area contributed by atoms with E-state index in [1.165, 1.54) is 6.07 Å². The Morgan fingerprint density at radius 2 is 2.00 bits per heavy atom. The number of nitrogens with zero attached hydrogens (tertiary/aromatic N) is 2. The maximum atomic E-state index is 12.5. The van der Waals surface area contributed by atoms with Gasteiger partial charge in [0.05, 0.1) is 22.5 Å². The van der Waals surface area contributed by atoms with Crippen molar-refractivity contribution >= 4 is 0 Å². The van der Waals surface area contributed by atoms with E-state index in [4.69, 9.17) is 4.52 Å². The fraction of sp³-hybridized carbons (Fsp3) is 0.385. The molecule has 0 N–H and O–H groups in total. The van der Waals surface area contributed by atoms with Crippen molar-refractivity contribution in [1.29, 1.82) is 0 Å². The van der Waals surface area contributed by atoms with Crippen LogP contribution in [0.5, 0.6) is 0 Å². The summed E-state index contributed by atoms with van der Waals surface area (Å²) in [6, 6.07) is 2.40. The van der Waals surface area contributed by atoms with Gasteiger partial charge in [-0.3, -0.25) is 4.98 Å². The second kappa shape index (κ2) is 4.08. The van der Waals surface area contributed by atoms with Crippen molar-refractivity contribution in [2.24, 2.45) is 0 Å². The Morgan fingerprint density at radius 3 is 2.53 bits per heavy atom. The summed E-state index contributed by atoms with van der Waals surface area (Å²) in [7, 11) is 0. The number of aromatic nitrogens is 2. The Kier molecular flexibility index (Phi) is 2.62. The van der Waals surface area contributed by atoms with Gasteiger partial charge in [-0.1, -0.05) is 5.16 Å². The molecule has 3 nitrogen and oxygen atoms in total. The van der Waals surface area contributed by atoms with E-state index in [1.807, 2.05) is 0 Å². The summed E-state index contributed by atoms with van der Waals surface area (Å²) in [5.41, 5.74) is 1.12. The fourth-order valence-corrected chi connectivity index (χ4v) is 2.03. The molecule has 2 aromatic heterocycles. The van der Waals surface area contributed by atoms with Crippen molar-refractivity contribution in [3.8, 4) is 11.3 Å². The van der Waals surface area contributed by atoms with Gasteiger partial charge < -0.3 is 4.52 Å². The lowest BCUT2D eigenvalue weighted by Crippen LogP contribution is -2.05. The highest BCUT2D eigenvalue weighted by molar-refractivity contribution is 5.65. The quantitative estimate of drug-likeness (QED) is 0.828. The number of alkyl halides is 3. The molecule has 0 amide bonds. The van der Waals surface area contributed by atoms with E-state index in [-0.39, 0.29) is 0 Å². The Morgan fingerprint density at radius 1 is 1.26 bits per heavy atom. The van der Waals surface area contributed by atoms with Crippen LogP contribution in [0.15, 0.2) is 22.9 Å². The summed E-state index contributed by atoms with van der Waals surface area (Å²) >= 11 is 0. The van der Waals surface area contributed by atoms with Crippen LogP contribution < -0.4 is 0 Å². The summed E-state index contributed by atoms with van der Waals surface area (Å²) in [6.45, 7) is 1.77. The molecular weight excluding hydrogens is 257 g/mol. The van der Waals surface area contributed by atoms with E-state index >= 15 is 0 Å². The number of hydrogen-bond donors (Lipinski definition) is 0. The predicted molar refractivity (Wildman–Crippen MR) is 61.4 cm³/mol. The molecule has 1 aliphatic carbocycles. The molecule has 0 bridgehead atoms. The Balaban J connectivity index is 2.01. The van der Waals surface area contributed by atoms with Crippen LogP contribution in [-0.2, 0) is 6.18 Å². The minimum Gasteiger partial charge on any atom is -0.360 e. The zero-order valence-electron chi connectivity index (χ0n) is 10.2. The van der Waals surface area contributed by atoms with Crippen LogP contribution >= 0.6 is 0 Å². The molecule has 3 rings (SSSR count). The first kappa shape index (κ1) is 12.2. The van der Waals surface area contributed by atoms with Crippen molar-refractivity contribution in [2.75, 3.05) is 0 Å². The molecule has 0 atom stereocenters. The highest BCUT2D eigenvalue weighted by Gasteiger charge is 2.34. The highest BCUT2D eigenvalue weighted by atomic mass is 19.4. The van der Waals surface area contributed by atoms with Gasteiger partial charge in [-0.15, -0.1) is 0 Å². The number of aryl methyl sites for hydroxylation is 1. The van der Waals surface area contributed by atoms with E-state index in [9.17, 15) is 13.2 Å². The van der Waals surface area contributed by atoms with Crippen molar-refractivity contribution < 1.29 is 17.7 Å². The first-order valence-electron chi connectivity index (χ1n) is 5.96. The van der Waals surface area contributed by atoms with E-state index in [2.05, 4.69) is 10.1 Å². The SMILES string of the molecule is Cc1noc(C2CC2)c1-c1ccc(C(F)(F)F)cn1.